The molecule has 5 aromatic rings. The highest BCUT2D eigenvalue weighted by atomic mass is 19.2. The fourth-order valence-electron chi connectivity index (χ4n) is 4.13. The number of aromatic hydroxyl groups is 1. The van der Waals surface area contributed by atoms with Crippen LogP contribution in [0.1, 0.15) is 10.4 Å². The van der Waals surface area contributed by atoms with Gasteiger partial charge in [-0.2, -0.15) is 26.3 Å². The van der Waals surface area contributed by atoms with Crippen LogP contribution in [0.3, 0.4) is 0 Å². The molecule has 0 heterocycles. The highest BCUT2D eigenvalue weighted by Crippen LogP contribution is 2.45. The number of aromatic carboxylic acids is 1. The maximum Gasteiger partial charge on any atom is 0.511 e. The molecule has 278 valence electrons. The largest absolute Gasteiger partial charge is 0.511 e. The Morgan fingerprint density at radius 2 is 0.943 bits per heavy atom. The summed E-state index contributed by atoms with van der Waals surface area (Å²) in [5.74, 6) is -38.4. The van der Waals surface area contributed by atoms with Crippen molar-refractivity contribution in [3.8, 4) is 45.6 Å². The van der Waals surface area contributed by atoms with E-state index < -0.39 is 122 Å². The van der Waals surface area contributed by atoms with Crippen LogP contribution < -0.4 is 25.7 Å². The average molecular weight is 764 g/mol. The molecular formula is C32H15F11N2O8. The molecule has 0 spiro atoms. The van der Waals surface area contributed by atoms with E-state index in [4.69, 9.17) is 21.7 Å². The van der Waals surface area contributed by atoms with E-state index in [0.717, 1.165) is 24.3 Å². The molecule has 0 saturated heterocycles. The van der Waals surface area contributed by atoms with Crippen LogP contribution in [0.25, 0.3) is 11.1 Å². The fraction of sp³-hybridized carbons (Fsp3) is 0. The van der Waals surface area contributed by atoms with E-state index in [-0.39, 0.29) is 11.3 Å². The van der Waals surface area contributed by atoms with Gasteiger partial charge >= 0.3 is 12.1 Å². The van der Waals surface area contributed by atoms with Gasteiger partial charge in [-0.05, 0) is 36.4 Å². The standard InChI is InChI=1S/C25H8F11NO5.C7H7NO3/c26-9-7(10(27)15(32)22(14(9)31)41-6-3-1-5(2-4-6)25(39)40)8-11(28)16(33)23(17(34)12(8)29)42-24-18(35)13(30)20(37)21(38)19(24)36;8-5-3-1-2-4-6(5)11-7(9)10/h1-4,38H,37H2,(H,39,40);1-4H,8H2,(H,9,10). The number of phenolic OH excluding ortho intramolecular Hbond substituents is 1. The molecule has 0 aromatic heterocycles. The van der Waals surface area contributed by atoms with Crippen molar-refractivity contribution in [2.24, 2.45) is 0 Å². The third-order valence-electron chi connectivity index (χ3n) is 6.63. The predicted molar refractivity (Wildman–Crippen MR) is 157 cm³/mol. The number of carboxylic acids is 1. The van der Waals surface area contributed by atoms with Crippen molar-refractivity contribution in [3.63, 3.8) is 0 Å². The lowest BCUT2D eigenvalue weighted by atomic mass is 10.0. The number of carbonyl (C=O) groups is 2. The summed E-state index contributed by atoms with van der Waals surface area (Å²) in [5, 5.41) is 26.4. The first kappa shape index (κ1) is 38.9. The van der Waals surface area contributed by atoms with Crippen molar-refractivity contribution in [2.75, 3.05) is 11.5 Å². The first-order valence-corrected chi connectivity index (χ1v) is 13.6. The van der Waals surface area contributed by atoms with Gasteiger partial charge in [0.25, 0.3) is 0 Å². The molecule has 53 heavy (non-hydrogen) atoms. The second-order valence-corrected chi connectivity index (χ2v) is 9.89. The Hall–Kier alpha value is -6.93. The number of benzene rings is 5. The van der Waals surface area contributed by atoms with Gasteiger partial charge in [-0.15, -0.1) is 0 Å². The number of carboxylic acid groups (broad SMARTS) is 2. The van der Waals surface area contributed by atoms with Crippen LogP contribution >= 0.6 is 0 Å². The van der Waals surface area contributed by atoms with Gasteiger partial charge in [0.15, 0.2) is 40.6 Å². The third kappa shape index (κ3) is 7.43. The predicted octanol–water partition coefficient (Wildman–Crippen LogP) is 8.78. The number of anilines is 2. The SMILES string of the molecule is Nc1c(O)c(F)c(Oc2c(F)c(F)c(-c3c(F)c(F)c(Oc4ccc(C(=O)O)cc4)c(F)c3F)c(F)c2F)c(F)c1F.Nc1ccccc1OC(=O)O. The molecule has 0 bridgehead atoms. The molecular weight excluding hydrogens is 749 g/mol. The van der Waals surface area contributed by atoms with Crippen LogP contribution in [0.4, 0.5) is 64.5 Å². The molecule has 0 aliphatic heterocycles. The summed E-state index contributed by atoms with van der Waals surface area (Å²) >= 11 is 0. The van der Waals surface area contributed by atoms with Gasteiger partial charge in [-0.3, -0.25) is 0 Å². The Labute approximate surface area is 286 Å². The first-order chi connectivity index (χ1) is 24.8. The molecule has 7 N–H and O–H groups in total. The first-order valence-electron chi connectivity index (χ1n) is 13.6. The van der Waals surface area contributed by atoms with Gasteiger partial charge in [0, 0.05) is 0 Å². The fourth-order valence-corrected chi connectivity index (χ4v) is 4.13. The minimum absolute atomic E-state index is 0.167. The van der Waals surface area contributed by atoms with Crippen LogP contribution in [0.15, 0.2) is 48.5 Å². The van der Waals surface area contributed by atoms with E-state index in [1.165, 1.54) is 6.07 Å². The summed E-state index contributed by atoms with van der Waals surface area (Å²) in [5.41, 5.74) is 3.98. The van der Waals surface area contributed by atoms with Gasteiger partial charge in [-0.25, -0.2) is 31.5 Å². The summed E-state index contributed by atoms with van der Waals surface area (Å²) in [6, 6.07) is 9.76. The van der Waals surface area contributed by atoms with Crippen LogP contribution in [-0.4, -0.2) is 27.4 Å². The molecule has 0 saturated carbocycles. The van der Waals surface area contributed by atoms with Crippen molar-refractivity contribution in [3.05, 3.63) is 118 Å². The number of phenols is 1. The number of hydrogen-bond donors (Lipinski definition) is 5. The van der Waals surface area contributed by atoms with E-state index in [1.807, 2.05) is 0 Å². The van der Waals surface area contributed by atoms with Gasteiger partial charge in [-0.1, -0.05) is 12.1 Å². The van der Waals surface area contributed by atoms with E-state index in [9.17, 15) is 63.0 Å². The zero-order chi connectivity index (χ0) is 39.6. The molecule has 5 rings (SSSR count). The Kier molecular flexibility index (Phi) is 11.1. The molecule has 0 fully saturated rings. The second-order valence-electron chi connectivity index (χ2n) is 9.89. The van der Waals surface area contributed by atoms with Crippen molar-refractivity contribution < 1.29 is 87.4 Å². The Bertz CT molecular complexity index is 2200. The van der Waals surface area contributed by atoms with E-state index >= 15 is 0 Å². The molecule has 0 unspecified atom stereocenters. The van der Waals surface area contributed by atoms with Crippen LogP contribution in [-0.2, 0) is 0 Å². The monoisotopic (exact) mass is 764 g/mol. The van der Waals surface area contributed by atoms with Crippen molar-refractivity contribution in [2.45, 2.75) is 0 Å². The third-order valence-corrected chi connectivity index (χ3v) is 6.63. The molecule has 21 heteroatoms. The van der Waals surface area contributed by atoms with E-state index in [0.29, 0.717) is 5.69 Å². The van der Waals surface area contributed by atoms with Crippen molar-refractivity contribution in [1.29, 1.82) is 0 Å². The lowest BCUT2D eigenvalue weighted by Crippen LogP contribution is -2.10. The Balaban J connectivity index is 0.000000488. The number of ether oxygens (including phenoxy) is 3. The highest BCUT2D eigenvalue weighted by Gasteiger charge is 2.37. The number of nitrogens with two attached hydrogens (primary N) is 2. The smallest absolute Gasteiger partial charge is 0.503 e. The topological polar surface area (TPSA) is 175 Å². The number of nitrogen functional groups attached to an aromatic ring is 2. The molecule has 0 amide bonds. The maximum absolute atomic E-state index is 14.8. The zero-order valence-corrected chi connectivity index (χ0v) is 25.3. The molecule has 0 aliphatic carbocycles. The lowest BCUT2D eigenvalue weighted by Gasteiger charge is -2.17. The lowest BCUT2D eigenvalue weighted by molar-refractivity contribution is 0.0696. The average Bonchev–Trinajstić information content (AvgIpc) is 3.12. The van der Waals surface area contributed by atoms with E-state index in [1.54, 1.807) is 18.2 Å². The van der Waals surface area contributed by atoms with Crippen LogP contribution in [0.5, 0.6) is 34.5 Å². The molecule has 0 aliphatic rings. The minimum Gasteiger partial charge on any atom is -0.503 e. The Morgan fingerprint density at radius 1 is 0.528 bits per heavy atom. The number of para-hydroxylation sites is 2. The zero-order valence-electron chi connectivity index (χ0n) is 25.3. The number of halogens is 11. The van der Waals surface area contributed by atoms with Gasteiger partial charge in [0.05, 0.1) is 22.4 Å². The van der Waals surface area contributed by atoms with Crippen LogP contribution in [0, 0.1) is 64.0 Å². The van der Waals surface area contributed by atoms with Crippen molar-refractivity contribution >= 4 is 23.5 Å². The number of hydrogen-bond acceptors (Lipinski definition) is 8. The summed E-state index contributed by atoms with van der Waals surface area (Å²) in [6.45, 7) is 0. The molecule has 0 atom stereocenters. The van der Waals surface area contributed by atoms with E-state index in [2.05, 4.69) is 14.2 Å². The summed E-state index contributed by atoms with van der Waals surface area (Å²) in [7, 11) is 0. The van der Waals surface area contributed by atoms with Crippen molar-refractivity contribution in [1.82, 2.24) is 0 Å². The minimum atomic E-state index is -2.81. The molecule has 10 nitrogen and oxygen atoms in total. The molecule has 0 radical (unpaired) electrons. The second kappa shape index (κ2) is 15.1. The number of rotatable bonds is 7. The quantitative estimate of drug-likeness (QED) is 0.0269. The Morgan fingerprint density at radius 3 is 1.38 bits per heavy atom. The maximum atomic E-state index is 14.8. The summed E-state index contributed by atoms with van der Waals surface area (Å²) in [6.07, 6.45) is -1.36. The summed E-state index contributed by atoms with van der Waals surface area (Å²) < 4.78 is 173. The van der Waals surface area contributed by atoms with Gasteiger partial charge in [0.2, 0.25) is 52.2 Å². The highest BCUT2D eigenvalue weighted by molar-refractivity contribution is 5.87. The summed E-state index contributed by atoms with van der Waals surface area (Å²) in [4.78, 5) is 20.9. The van der Waals surface area contributed by atoms with Gasteiger partial charge < -0.3 is 41.0 Å². The normalized spacial score (nSPS) is 10.7. The molecule has 5 aromatic carbocycles. The van der Waals surface area contributed by atoms with Crippen LogP contribution in [0.2, 0.25) is 0 Å². The van der Waals surface area contributed by atoms with Gasteiger partial charge in [0.1, 0.15) is 11.4 Å².